The first-order valence-corrected chi connectivity index (χ1v) is 8.86. The molecule has 0 aliphatic rings. The lowest BCUT2D eigenvalue weighted by molar-refractivity contribution is 0.569. The van der Waals surface area contributed by atoms with Crippen LogP contribution in [-0.4, -0.2) is 24.4 Å². The Morgan fingerprint density at radius 1 is 1.14 bits per heavy atom. The molecule has 0 radical (unpaired) electrons. The molecular formula is C15H22N4O2S. The summed E-state index contributed by atoms with van der Waals surface area (Å²) in [5.41, 5.74) is 1.88. The second-order valence-corrected chi connectivity index (χ2v) is 7.24. The van der Waals surface area contributed by atoms with Crippen molar-refractivity contribution < 1.29 is 8.42 Å². The molecule has 1 aromatic carbocycles. The van der Waals surface area contributed by atoms with E-state index >= 15 is 0 Å². The second kappa shape index (κ2) is 7.53. The maximum Gasteiger partial charge on any atom is 0.216 e. The van der Waals surface area contributed by atoms with E-state index in [0.717, 1.165) is 17.0 Å². The van der Waals surface area contributed by atoms with Crippen LogP contribution in [0.5, 0.6) is 0 Å². The highest BCUT2D eigenvalue weighted by atomic mass is 32.2. The van der Waals surface area contributed by atoms with Gasteiger partial charge in [-0.15, -0.1) is 0 Å². The third kappa shape index (κ3) is 5.59. The number of sulfonamides is 1. The van der Waals surface area contributed by atoms with Crippen LogP contribution >= 0.6 is 0 Å². The molecule has 1 aromatic heterocycles. The quantitative estimate of drug-likeness (QED) is 0.688. The monoisotopic (exact) mass is 322 g/mol. The summed E-state index contributed by atoms with van der Waals surface area (Å²) >= 11 is 0. The van der Waals surface area contributed by atoms with E-state index in [0.29, 0.717) is 13.1 Å². The van der Waals surface area contributed by atoms with Crippen LogP contribution in [-0.2, 0) is 28.9 Å². The molecule has 7 heteroatoms. The topological polar surface area (TPSA) is 86.9 Å². The normalized spacial score (nSPS) is 12.0. The predicted octanol–water partition coefficient (Wildman–Crippen LogP) is 1.53. The number of benzene rings is 1. The van der Waals surface area contributed by atoms with Crippen molar-refractivity contribution in [3.05, 3.63) is 53.6 Å². The van der Waals surface area contributed by atoms with Gasteiger partial charge in [0, 0.05) is 25.0 Å². The molecule has 2 rings (SSSR count). The molecule has 0 amide bonds. The van der Waals surface area contributed by atoms with Gasteiger partial charge in [-0.2, -0.15) is 0 Å². The third-order valence-corrected chi connectivity index (χ3v) is 4.52. The van der Waals surface area contributed by atoms with Crippen LogP contribution in [0, 0.1) is 0 Å². The summed E-state index contributed by atoms with van der Waals surface area (Å²) in [5.74, 6) is 0.896. The number of hydrogen-bond acceptors (Lipinski definition) is 4. The fourth-order valence-electron chi connectivity index (χ4n) is 2.09. The number of hydrogen-bond donors (Lipinski definition) is 3. The minimum atomic E-state index is -3.27. The Hall–Kier alpha value is -1.70. The van der Waals surface area contributed by atoms with Crippen LogP contribution in [0.3, 0.4) is 0 Å². The highest BCUT2D eigenvalue weighted by molar-refractivity contribution is 7.88. The number of rotatable bonds is 8. The van der Waals surface area contributed by atoms with Crippen LogP contribution in [0.1, 0.15) is 30.8 Å². The number of nitrogens with one attached hydrogen (secondary N) is 3. The molecule has 0 aliphatic heterocycles. The van der Waals surface area contributed by atoms with Crippen molar-refractivity contribution in [2.75, 3.05) is 0 Å². The van der Waals surface area contributed by atoms with Crippen LogP contribution in [0.4, 0.5) is 0 Å². The summed E-state index contributed by atoms with van der Waals surface area (Å²) in [6, 6.07) is 7.49. The minimum absolute atomic E-state index is 0.00524. The lowest BCUT2D eigenvalue weighted by atomic mass is 10.1. The standard InChI is InChI=1S/C15H22N4O2S/c1-12(2)19-22(20,21)11-14-5-3-13(4-6-14)9-16-10-15-17-7-8-18-15/h3-8,12,16,19H,9-11H2,1-2H3,(H,17,18). The van der Waals surface area contributed by atoms with Gasteiger partial charge in [-0.3, -0.25) is 0 Å². The molecular weight excluding hydrogens is 300 g/mol. The van der Waals surface area contributed by atoms with Gasteiger partial charge in [0.05, 0.1) is 12.3 Å². The van der Waals surface area contributed by atoms with Crippen molar-refractivity contribution in [1.29, 1.82) is 0 Å². The maximum absolute atomic E-state index is 11.9. The van der Waals surface area contributed by atoms with E-state index in [1.165, 1.54) is 0 Å². The Labute approximate surface area is 131 Å². The van der Waals surface area contributed by atoms with Crippen molar-refractivity contribution in [3.63, 3.8) is 0 Å². The van der Waals surface area contributed by atoms with Crippen molar-refractivity contribution in [1.82, 2.24) is 20.0 Å². The summed E-state index contributed by atoms with van der Waals surface area (Å²) in [5, 5.41) is 3.27. The highest BCUT2D eigenvalue weighted by Gasteiger charge is 2.12. The van der Waals surface area contributed by atoms with E-state index < -0.39 is 10.0 Å². The van der Waals surface area contributed by atoms with Gasteiger partial charge in [-0.05, 0) is 25.0 Å². The fourth-order valence-corrected chi connectivity index (χ4v) is 3.53. The fraction of sp³-hybridized carbons (Fsp3) is 0.400. The first-order valence-electron chi connectivity index (χ1n) is 7.21. The number of aromatic amines is 1. The van der Waals surface area contributed by atoms with Gasteiger partial charge in [0.25, 0.3) is 0 Å². The summed E-state index contributed by atoms with van der Waals surface area (Å²) in [6.07, 6.45) is 3.51. The molecule has 0 atom stereocenters. The Morgan fingerprint density at radius 3 is 2.41 bits per heavy atom. The van der Waals surface area contributed by atoms with Crippen molar-refractivity contribution in [3.8, 4) is 0 Å². The van der Waals surface area contributed by atoms with E-state index in [4.69, 9.17) is 0 Å². The van der Waals surface area contributed by atoms with Gasteiger partial charge in [0.15, 0.2) is 0 Å². The Bertz CT molecular complexity index is 664. The number of aromatic nitrogens is 2. The molecule has 3 N–H and O–H groups in total. The van der Waals surface area contributed by atoms with E-state index in [-0.39, 0.29) is 11.8 Å². The zero-order chi connectivity index (χ0) is 16.0. The van der Waals surface area contributed by atoms with Crippen LogP contribution < -0.4 is 10.0 Å². The molecule has 1 heterocycles. The minimum Gasteiger partial charge on any atom is -0.348 e. The Balaban J connectivity index is 1.85. The van der Waals surface area contributed by atoms with Gasteiger partial charge < -0.3 is 10.3 Å². The van der Waals surface area contributed by atoms with Crippen molar-refractivity contribution in [2.24, 2.45) is 0 Å². The van der Waals surface area contributed by atoms with E-state index in [2.05, 4.69) is 20.0 Å². The largest absolute Gasteiger partial charge is 0.348 e. The summed E-state index contributed by atoms with van der Waals surface area (Å²) < 4.78 is 26.3. The van der Waals surface area contributed by atoms with Gasteiger partial charge in [-0.1, -0.05) is 24.3 Å². The molecule has 0 spiro atoms. The zero-order valence-corrected chi connectivity index (χ0v) is 13.7. The first-order chi connectivity index (χ1) is 10.4. The van der Waals surface area contributed by atoms with Gasteiger partial charge in [0.1, 0.15) is 5.82 Å². The maximum atomic E-state index is 11.9. The molecule has 22 heavy (non-hydrogen) atoms. The summed E-state index contributed by atoms with van der Waals surface area (Å²) in [6.45, 7) is 5.00. The lowest BCUT2D eigenvalue weighted by Crippen LogP contribution is -2.31. The second-order valence-electron chi connectivity index (χ2n) is 5.49. The van der Waals surface area contributed by atoms with Crippen molar-refractivity contribution in [2.45, 2.75) is 38.7 Å². The first kappa shape index (κ1) is 16.7. The predicted molar refractivity (Wildman–Crippen MR) is 86.5 cm³/mol. The van der Waals surface area contributed by atoms with Crippen LogP contribution in [0.25, 0.3) is 0 Å². The smallest absolute Gasteiger partial charge is 0.216 e. The molecule has 0 bridgehead atoms. The average molecular weight is 322 g/mol. The van der Waals surface area contributed by atoms with E-state index in [1.807, 2.05) is 38.1 Å². The van der Waals surface area contributed by atoms with Crippen molar-refractivity contribution >= 4 is 10.0 Å². The zero-order valence-electron chi connectivity index (χ0n) is 12.8. The van der Waals surface area contributed by atoms with Gasteiger partial charge in [0.2, 0.25) is 10.0 Å². The number of nitrogens with zero attached hydrogens (tertiary/aromatic N) is 1. The van der Waals surface area contributed by atoms with Gasteiger partial charge in [-0.25, -0.2) is 18.1 Å². The van der Waals surface area contributed by atoms with Crippen LogP contribution in [0.15, 0.2) is 36.7 Å². The number of H-pyrrole nitrogens is 1. The molecule has 6 nitrogen and oxygen atoms in total. The number of imidazole rings is 1. The molecule has 0 aliphatic carbocycles. The van der Waals surface area contributed by atoms with Gasteiger partial charge >= 0.3 is 0 Å². The molecule has 120 valence electrons. The molecule has 0 unspecified atom stereocenters. The molecule has 2 aromatic rings. The lowest BCUT2D eigenvalue weighted by Gasteiger charge is -2.10. The van der Waals surface area contributed by atoms with E-state index in [9.17, 15) is 8.42 Å². The Morgan fingerprint density at radius 2 is 1.82 bits per heavy atom. The molecule has 0 saturated heterocycles. The molecule has 0 saturated carbocycles. The SMILES string of the molecule is CC(C)NS(=O)(=O)Cc1ccc(CNCc2ncc[nH]2)cc1. The third-order valence-electron chi connectivity index (χ3n) is 2.97. The Kier molecular flexibility index (Phi) is 5.70. The average Bonchev–Trinajstić information content (AvgIpc) is 2.92. The highest BCUT2D eigenvalue weighted by Crippen LogP contribution is 2.08. The summed E-state index contributed by atoms with van der Waals surface area (Å²) in [7, 11) is -3.27. The van der Waals surface area contributed by atoms with Crippen LogP contribution in [0.2, 0.25) is 0 Å². The molecule has 0 fully saturated rings. The van der Waals surface area contributed by atoms with E-state index in [1.54, 1.807) is 12.4 Å². The summed E-state index contributed by atoms with van der Waals surface area (Å²) in [4.78, 5) is 7.16.